The van der Waals surface area contributed by atoms with Gasteiger partial charge in [-0.2, -0.15) is 0 Å². The number of ether oxygens (including phenoxy) is 2. The summed E-state index contributed by atoms with van der Waals surface area (Å²) < 4.78 is 24.6. The molecule has 0 saturated carbocycles. The van der Waals surface area contributed by atoms with Crippen molar-refractivity contribution in [2.75, 3.05) is 6.61 Å². The molecule has 2 aromatic rings. The smallest absolute Gasteiger partial charge is 0.344 e. The van der Waals surface area contributed by atoms with E-state index in [4.69, 9.17) is 9.47 Å². The number of halogens is 1. The number of aldehydes is 1. The lowest BCUT2D eigenvalue weighted by Crippen LogP contribution is -2.15. The number of hydrogen-bond acceptors (Lipinski definition) is 6. The Morgan fingerprint density at radius 3 is 2.64 bits per heavy atom. The van der Waals surface area contributed by atoms with Gasteiger partial charge < -0.3 is 14.6 Å². The van der Waals surface area contributed by atoms with Crippen molar-refractivity contribution in [2.45, 2.75) is 26.4 Å². The summed E-state index contributed by atoms with van der Waals surface area (Å²) in [7, 11) is 0. The van der Waals surface area contributed by atoms with E-state index in [9.17, 15) is 19.1 Å². The summed E-state index contributed by atoms with van der Waals surface area (Å²) in [5.74, 6) is -1.97. The molecule has 1 aromatic heterocycles. The third kappa shape index (κ3) is 4.19. The maximum Gasteiger partial charge on any atom is 0.344 e. The summed E-state index contributed by atoms with van der Waals surface area (Å²) in [4.78, 5) is 27.1. The first kappa shape index (κ1) is 18.5. The molecule has 6 nitrogen and oxygen atoms in total. The number of esters is 1. The number of benzene rings is 1. The van der Waals surface area contributed by atoms with E-state index in [1.165, 1.54) is 38.2 Å². The molecule has 0 aliphatic rings. The van der Waals surface area contributed by atoms with Crippen molar-refractivity contribution in [1.82, 2.24) is 4.98 Å². The Labute approximate surface area is 144 Å². The standard InChI is InChI=1S/C18H18FNO5/c1-4-24-17(22)15-11(10-21)7-8-20-16(15)25-14-6-5-12(9-13(14)19)18(2,3)23/h5-10,23H,4H2,1-3H3. The summed E-state index contributed by atoms with van der Waals surface area (Å²) in [5.41, 5.74) is -1.01. The second-order valence-corrected chi connectivity index (χ2v) is 5.72. The highest BCUT2D eigenvalue weighted by atomic mass is 19.1. The molecule has 132 valence electrons. The predicted molar refractivity (Wildman–Crippen MR) is 87.3 cm³/mol. The first-order valence-corrected chi connectivity index (χ1v) is 7.59. The Morgan fingerprint density at radius 2 is 2.08 bits per heavy atom. The monoisotopic (exact) mass is 347 g/mol. The third-order valence-electron chi connectivity index (χ3n) is 3.40. The fourth-order valence-corrected chi connectivity index (χ4v) is 2.11. The van der Waals surface area contributed by atoms with Gasteiger partial charge in [-0.3, -0.25) is 4.79 Å². The Kier molecular flexibility index (Phi) is 5.48. The molecule has 1 heterocycles. The Bertz CT molecular complexity index is 799. The SMILES string of the molecule is CCOC(=O)c1c(C=O)ccnc1Oc1ccc(C(C)(C)O)cc1F. The summed E-state index contributed by atoms with van der Waals surface area (Å²) in [6, 6.07) is 5.27. The molecule has 0 aliphatic heterocycles. The highest BCUT2D eigenvalue weighted by Gasteiger charge is 2.23. The zero-order valence-corrected chi connectivity index (χ0v) is 14.1. The van der Waals surface area contributed by atoms with Crippen molar-refractivity contribution in [3.8, 4) is 11.6 Å². The van der Waals surface area contributed by atoms with Gasteiger partial charge >= 0.3 is 5.97 Å². The molecule has 0 atom stereocenters. The van der Waals surface area contributed by atoms with Crippen LogP contribution in [0.4, 0.5) is 4.39 Å². The van der Waals surface area contributed by atoms with E-state index >= 15 is 0 Å². The molecule has 0 bridgehead atoms. The molecule has 25 heavy (non-hydrogen) atoms. The molecule has 0 unspecified atom stereocenters. The van der Waals surface area contributed by atoms with Crippen LogP contribution in [0.2, 0.25) is 0 Å². The van der Waals surface area contributed by atoms with Gasteiger partial charge in [0.25, 0.3) is 0 Å². The molecule has 0 amide bonds. The van der Waals surface area contributed by atoms with Gasteiger partial charge in [0.2, 0.25) is 5.88 Å². The van der Waals surface area contributed by atoms with E-state index < -0.39 is 17.4 Å². The number of nitrogens with zero attached hydrogens (tertiary/aromatic N) is 1. The second kappa shape index (κ2) is 7.40. The van der Waals surface area contributed by atoms with Crippen LogP contribution in [0.25, 0.3) is 0 Å². The highest BCUT2D eigenvalue weighted by Crippen LogP contribution is 2.30. The first-order valence-electron chi connectivity index (χ1n) is 7.59. The first-order chi connectivity index (χ1) is 11.8. The minimum absolute atomic E-state index is 0.0250. The molecule has 0 spiro atoms. The van der Waals surface area contributed by atoms with E-state index in [0.717, 1.165) is 6.07 Å². The average Bonchev–Trinajstić information content (AvgIpc) is 2.55. The zero-order chi connectivity index (χ0) is 18.6. The van der Waals surface area contributed by atoms with Crippen LogP contribution in [0.5, 0.6) is 11.6 Å². The van der Waals surface area contributed by atoms with Crippen LogP contribution in [0.3, 0.4) is 0 Å². The molecule has 1 N–H and O–H groups in total. The van der Waals surface area contributed by atoms with Gasteiger partial charge in [0.15, 0.2) is 17.9 Å². The third-order valence-corrected chi connectivity index (χ3v) is 3.40. The van der Waals surface area contributed by atoms with Gasteiger partial charge in [0.05, 0.1) is 12.2 Å². The van der Waals surface area contributed by atoms with Crippen molar-refractivity contribution in [2.24, 2.45) is 0 Å². The normalized spacial score (nSPS) is 11.1. The summed E-state index contributed by atoms with van der Waals surface area (Å²) in [6.07, 6.45) is 1.74. The molecule has 0 aliphatic carbocycles. The predicted octanol–water partition coefficient (Wildman–Crippen LogP) is 3.23. The molecule has 0 fully saturated rings. The fourth-order valence-electron chi connectivity index (χ4n) is 2.11. The van der Waals surface area contributed by atoms with Crippen molar-refractivity contribution < 1.29 is 28.6 Å². The number of carbonyl (C=O) groups is 2. The van der Waals surface area contributed by atoms with Crippen LogP contribution in [-0.2, 0) is 10.3 Å². The summed E-state index contributed by atoms with van der Waals surface area (Å²) >= 11 is 0. The van der Waals surface area contributed by atoms with E-state index in [1.54, 1.807) is 6.92 Å². The maximum atomic E-state index is 14.3. The quantitative estimate of drug-likeness (QED) is 0.638. The van der Waals surface area contributed by atoms with Crippen LogP contribution < -0.4 is 4.74 Å². The largest absolute Gasteiger partial charge is 0.462 e. The van der Waals surface area contributed by atoms with Gasteiger partial charge in [-0.05, 0) is 44.5 Å². The molecular formula is C18H18FNO5. The van der Waals surface area contributed by atoms with Crippen molar-refractivity contribution >= 4 is 12.3 Å². The van der Waals surface area contributed by atoms with Gasteiger partial charge in [-0.25, -0.2) is 14.2 Å². The van der Waals surface area contributed by atoms with Gasteiger partial charge in [0, 0.05) is 11.8 Å². The number of pyridine rings is 1. The number of hydrogen-bond donors (Lipinski definition) is 1. The topological polar surface area (TPSA) is 85.7 Å². The summed E-state index contributed by atoms with van der Waals surface area (Å²) in [6.45, 7) is 4.76. The zero-order valence-electron chi connectivity index (χ0n) is 14.1. The molecule has 0 radical (unpaired) electrons. The Hall–Kier alpha value is -2.80. The van der Waals surface area contributed by atoms with Gasteiger partial charge in [-0.15, -0.1) is 0 Å². The minimum Gasteiger partial charge on any atom is -0.462 e. The van der Waals surface area contributed by atoms with Crippen molar-refractivity contribution in [1.29, 1.82) is 0 Å². The Balaban J connectivity index is 2.44. The van der Waals surface area contributed by atoms with Crippen LogP contribution >= 0.6 is 0 Å². The van der Waals surface area contributed by atoms with Crippen LogP contribution in [-0.4, -0.2) is 29.0 Å². The lowest BCUT2D eigenvalue weighted by Gasteiger charge is -2.18. The van der Waals surface area contributed by atoms with E-state index in [1.807, 2.05) is 0 Å². The maximum absolute atomic E-state index is 14.3. The molecule has 7 heteroatoms. The Morgan fingerprint density at radius 1 is 1.36 bits per heavy atom. The molecular weight excluding hydrogens is 329 g/mol. The van der Waals surface area contributed by atoms with Gasteiger partial charge in [0.1, 0.15) is 5.56 Å². The number of aromatic nitrogens is 1. The number of aliphatic hydroxyl groups is 1. The van der Waals surface area contributed by atoms with Crippen LogP contribution in [0, 0.1) is 5.82 Å². The molecule has 1 aromatic carbocycles. The van der Waals surface area contributed by atoms with E-state index in [0.29, 0.717) is 11.8 Å². The van der Waals surface area contributed by atoms with E-state index in [-0.39, 0.29) is 29.4 Å². The minimum atomic E-state index is -1.22. The average molecular weight is 347 g/mol. The lowest BCUT2D eigenvalue weighted by atomic mass is 9.98. The number of carbonyl (C=O) groups excluding carboxylic acids is 2. The highest BCUT2D eigenvalue weighted by molar-refractivity contribution is 6.00. The number of rotatable bonds is 6. The lowest BCUT2D eigenvalue weighted by molar-refractivity contribution is 0.0520. The fraction of sp³-hybridized carbons (Fsp3) is 0.278. The molecule has 2 rings (SSSR count). The van der Waals surface area contributed by atoms with Crippen molar-refractivity contribution in [3.05, 3.63) is 53.0 Å². The second-order valence-electron chi connectivity index (χ2n) is 5.72. The van der Waals surface area contributed by atoms with Crippen LogP contribution in [0.15, 0.2) is 30.5 Å². The van der Waals surface area contributed by atoms with Crippen molar-refractivity contribution in [3.63, 3.8) is 0 Å². The van der Waals surface area contributed by atoms with E-state index in [2.05, 4.69) is 4.98 Å². The molecule has 0 saturated heterocycles. The van der Waals surface area contributed by atoms with Crippen LogP contribution in [0.1, 0.15) is 47.1 Å². The van der Waals surface area contributed by atoms with Gasteiger partial charge in [-0.1, -0.05) is 6.07 Å². The summed E-state index contributed by atoms with van der Waals surface area (Å²) in [5, 5.41) is 9.92.